The molecule has 0 aliphatic rings. The van der Waals surface area contributed by atoms with Gasteiger partial charge >= 0.3 is 6.18 Å². The fourth-order valence-corrected chi connectivity index (χ4v) is 4.24. The number of sulfonamides is 1. The van der Waals surface area contributed by atoms with Crippen LogP contribution in [0, 0.1) is 17.1 Å². The van der Waals surface area contributed by atoms with Crippen molar-refractivity contribution >= 4 is 21.6 Å². The van der Waals surface area contributed by atoms with Gasteiger partial charge in [-0.2, -0.15) is 22.7 Å². The highest BCUT2D eigenvalue weighted by Gasteiger charge is 2.49. The van der Waals surface area contributed by atoms with Crippen LogP contribution in [0.5, 0.6) is 0 Å². The van der Waals surface area contributed by atoms with E-state index in [1.54, 1.807) is 6.07 Å². The van der Waals surface area contributed by atoms with Crippen molar-refractivity contribution in [3.63, 3.8) is 0 Å². The molecule has 5 nitrogen and oxygen atoms in total. The third-order valence-electron chi connectivity index (χ3n) is 3.62. The van der Waals surface area contributed by atoms with Gasteiger partial charge in [-0.05, 0) is 23.8 Å². The molecule has 1 atom stereocenters. The molecule has 0 unspecified atom stereocenters. The fourth-order valence-electron chi connectivity index (χ4n) is 2.45. The summed E-state index contributed by atoms with van der Waals surface area (Å²) in [5, 5.41) is 8.30. The molecule has 144 valence electrons. The topological polar surface area (TPSA) is 74.1 Å². The van der Waals surface area contributed by atoms with Gasteiger partial charge in [0.15, 0.2) is 0 Å². The Balaban J connectivity index is 2.64. The molecule has 11 heteroatoms. The molecule has 2 aromatic rings. The molecule has 0 amide bonds. The summed E-state index contributed by atoms with van der Waals surface area (Å²) in [6.45, 7) is 0.682. The van der Waals surface area contributed by atoms with Crippen LogP contribution in [-0.4, -0.2) is 30.4 Å². The minimum Gasteiger partial charge on any atom is -0.262 e. The molecule has 1 heterocycles. The third kappa shape index (κ3) is 4.37. The molecule has 2 rings (SSSR count). The van der Waals surface area contributed by atoms with E-state index < -0.39 is 50.1 Å². The van der Waals surface area contributed by atoms with Crippen LogP contribution in [0.1, 0.15) is 24.1 Å². The van der Waals surface area contributed by atoms with Gasteiger partial charge in [0.1, 0.15) is 22.8 Å². The van der Waals surface area contributed by atoms with Crippen molar-refractivity contribution in [2.45, 2.75) is 24.0 Å². The maximum Gasteiger partial charge on any atom is 0.409 e. The van der Waals surface area contributed by atoms with E-state index in [0.29, 0.717) is 0 Å². The van der Waals surface area contributed by atoms with E-state index in [1.165, 1.54) is 6.92 Å². The summed E-state index contributed by atoms with van der Waals surface area (Å²) >= 11 is 5.57. The summed E-state index contributed by atoms with van der Waals surface area (Å²) in [6.07, 6.45) is -3.08. The van der Waals surface area contributed by atoms with Crippen LogP contribution in [0.25, 0.3) is 0 Å². The first-order chi connectivity index (χ1) is 12.5. The van der Waals surface area contributed by atoms with E-state index in [0.717, 1.165) is 36.7 Å². The number of pyridine rings is 1. The molecule has 0 spiro atoms. The number of halogens is 5. The number of rotatable bonds is 5. The second kappa shape index (κ2) is 7.80. The minimum absolute atomic E-state index is 0.125. The number of benzene rings is 1. The Kier molecular flexibility index (Phi) is 6.09. The van der Waals surface area contributed by atoms with Crippen molar-refractivity contribution in [1.82, 2.24) is 9.29 Å². The highest BCUT2D eigenvalue weighted by atomic mass is 35.5. The SMILES string of the molecule is CCN([C@@H](c1ccc(F)c(Cl)c1)C(F)(F)F)S(=O)(=O)c1cncc(C#N)c1. The van der Waals surface area contributed by atoms with Crippen LogP contribution in [0.2, 0.25) is 5.02 Å². The molecule has 0 aliphatic heterocycles. The lowest BCUT2D eigenvalue weighted by atomic mass is 10.1. The van der Waals surface area contributed by atoms with Crippen molar-refractivity contribution in [3.8, 4) is 6.07 Å². The van der Waals surface area contributed by atoms with Gasteiger partial charge in [-0.1, -0.05) is 24.6 Å². The van der Waals surface area contributed by atoms with Gasteiger partial charge < -0.3 is 0 Å². The van der Waals surface area contributed by atoms with Crippen molar-refractivity contribution in [3.05, 3.63) is 58.6 Å². The largest absolute Gasteiger partial charge is 0.409 e. The average Bonchev–Trinajstić information content (AvgIpc) is 2.61. The van der Waals surface area contributed by atoms with E-state index in [1.807, 2.05) is 0 Å². The zero-order valence-corrected chi connectivity index (χ0v) is 15.3. The predicted molar refractivity (Wildman–Crippen MR) is 88.7 cm³/mol. The summed E-state index contributed by atoms with van der Waals surface area (Å²) in [6, 6.07) is 2.29. The standard InChI is InChI=1S/C16H12ClF4N3O2S/c1-2-24(27(25,26)12-5-10(7-22)8-23-9-12)15(16(19,20)21)11-3-4-14(18)13(17)6-11/h3-6,8-9,15H,2H2,1H3/t15-/m0/s1. The van der Waals surface area contributed by atoms with Crippen molar-refractivity contribution in [2.75, 3.05) is 6.54 Å². The minimum atomic E-state index is -5.01. The van der Waals surface area contributed by atoms with E-state index in [4.69, 9.17) is 16.9 Å². The van der Waals surface area contributed by atoms with Crippen molar-refractivity contribution in [1.29, 1.82) is 5.26 Å². The summed E-state index contributed by atoms with van der Waals surface area (Å²) in [5.74, 6) is -0.932. The summed E-state index contributed by atoms with van der Waals surface area (Å²) in [5.41, 5.74) is -0.663. The van der Waals surface area contributed by atoms with Crippen LogP contribution in [0.3, 0.4) is 0 Å². The Hall–Kier alpha value is -2.22. The molecule has 1 aromatic heterocycles. The molecule has 0 radical (unpaired) electrons. The van der Waals surface area contributed by atoms with E-state index in [2.05, 4.69) is 4.98 Å². The zero-order chi connectivity index (χ0) is 20.4. The first kappa shape index (κ1) is 21.1. The van der Waals surface area contributed by atoms with Crippen LogP contribution in [-0.2, 0) is 10.0 Å². The highest BCUT2D eigenvalue weighted by molar-refractivity contribution is 7.89. The van der Waals surface area contributed by atoms with Crippen LogP contribution < -0.4 is 0 Å². The van der Waals surface area contributed by atoms with Crippen LogP contribution >= 0.6 is 11.6 Å². The number of aromatic nitrogens is 1. The Labute approximate surface area is 157 Å². The maximum atomic E-state index is 13.8. The fraction of sp³-hybridized carbons (Fsp3) is 0.250. The lowest BCUT2D eigenvalue weighted by Gasteiger charge is -2.31. The molecular formula is C16H12ClF4N3O2S. The smallest absolute Gasteiger partial charge is 0.262 e. The molecule has 0 fully saturated rings. The van der Waals surface area contributed by atoms with E-state index in [9.17, 15) is 26.0 Å². The number of nitrogens with zero attached hydrogens (tertiary/aromatic N) is 3. The Morgan fingerprint density at radius 2 is 1.96 bits per heavy atom. The van der Waals surface area contributed by atoms with Gasteiger partial charge in [0, 0.05) is 18.9 Å². The molecule has 0 aliphatic carbocycles. The lowest BCUT2D eigenvalue weighted by molar-refractivity contribution is -0.173. The molecule has 0 saturated carbocycles. The number of nitriles is 1. The molecule has 0 bridgehead atoms. The quantitative estimate of drug-likeness (QED) is 0.682. The Morgan fingerprint density at radius 1 is 1.30 bits per heavy atom. The van der Waals surface area contributed by atoms with E-state index in [-0.39, 0.29) is 9.87 Å². The summed E-state index contributed by atoms with van der Waals surface area (Å²) in [7, 11) is -4.67. The van der Waals surface area contributed by atoms with Crippen LogP contribution in [0.4, 0.5) is 17.6 Å². The Bertz CT molecular complexity index is 990. The lowest BCUT2D eigenvalue weighted by Crippen LogP contribution is -2.42. The maximum absolute atomic E-state index is 13.8. The number of hydrogen-bond acceptors (Lipinski definition) is 4. The van der Waals surface area contributed by atoms with Crippen molar-refractivity contribution in [2.24, 2.45) is 0 Å². The highest BCUT2D eigenvalue weighted by Crippen LogP contribution is 2.41. The van der Waals surface area contributed by atoms with Gasteiger partial charge in [-0.25, -0.2) is 12.8 Å². The summed E-state index contributed by atoms with van der Waals surface area (Å²) in [4.78, 5) is 3.01. The predicted octanol–water partition coefficient (Wildman–Crippen LogP) is 4.06. The third-order valence-corrected chi connectivity index (χ3v) is 5.81. The molecule has 1 aromatic carbocycles. The molecule has 0 saturated heterocycles. The van der Waals surface area contributed by atoms with Crippen LogP contribution in [0.15, 0.2) is 41.6 Å². The van der Waals surface area contributed by atoms with Crippen molar-refractivity contribution < 1.29 is 26.0 Å². The summed E-state index contributed by atoms with van der Waals surface area (Å²) < 4.78 is 80.4. The number of alkyl halides is 3. The second-order valence-corrected chi connectivity index (χ2v) is 7.64. The monoisotopic (exact) mass is 421 g/mol. The first-order valence-corrected chi connectivity index (χ1v) is 9.22. The second-order valence-electron chi connectivity index (χ2n) is 5.35. The first-order valence-electron chi connectivity index (χ1n) is 7.41. The Morgan fingerprint density at radius 3 is 2.48 bits per heavy atom. The molecule has 0 N–H and O–H groups in total. The normalized spacial score (nSPS) is 13.4. The van der Waals surface area contributed by atoms with Gasteiger partial charge in [0.25, 0.3) is 0 Å². The van der Waals surface area contributed by atoms with Gasteiger partial charge in [0.05, 0.1) is 10.6 Å². The van der Waals surface area contributed by atoms with E-state index >= 15 is 0 Å². The number of hydrogen-bond donors (Lipinski definition) is 0. The molecular weight excluding hydrogens is 410 g/mol. The van der Waals surface area contributed by atoms with Gasteiger partial charge in [-0.3, -0.25) is 4.98 Å². The van der Waals surface area contributed by atoms with Gasteiger partial charge in [0.2, 0.25) is 10.0 Å². The average molecular weight is 422 g/mol. The zero-order valence-electron chi connectivity index (χ0n) is 13.7. The van der Waals surface area contributed by atoms with Gasteiger partial charge in [-0.15, -0.1) is 0 Å². The molecule has 27 heavy (non-hydrogen) atoms.